The highest BCUT2D eigenvalue weighted by Crippen LogP contribution is 2.24. The Kier molecular flexibility index (Phi) is 19.9. The number of carboxylic acids is 4. The first-order chi connectivity index (χ1) is 24.9. The van der Waals surface area contributed by atoms with Crippen molar-refractivity contribution in [2.24, 2.45) is 11.8 Å². The molecule has 6 N–H and O–H groups in total. The molecule has 0 saturated carbocycles. The molecule has 2 aliphatic rings. The first kappa shape index (κ1) is 45.4. The van der Waals surface area contributed by atoms with Crippen LogP contribution in [0, 0.1) is 11.8 Å². The van der Waals surface area contributed by atoms with Crippen molar-refractivity contribution < 1.29 is 54.0 Å². The van der Waals surface area contributed by atoms with E-state index in [1.165, 1.54) is 0 Å². The zero-order valence-electron chi connectivity index (χ0n) is 31.7. The molecule has 0 aromatic heterocycles. The fourth-order valence-electron chi connectivity index (χ4n) is 6.77. The van der Waals surface area contributed by atoms with Crippen LogP contribution in [0.5, 0.6) is 0 Å². The van der Waals surface area contributed by atoms with Crippen LogP contribution in [0.4, 0.5) is 0 Å². The number of hydrogen-bond acceptors (Lipinski definition) is 12. The molecule has 18 heteroatoms. The minimum atomic E-state index is -1.11. The van der Waals surface area contributed by atoms with E-state index in [0.29, 0.717) is 32.4 Å². The van der Waals surface area contributed by atoms with Crippen LogP contribution in [0.25, 0.3) is 0 Å². The van der Waals surface area contributed by atoms with Gasteiger partial charge >= 0.3 is 23.9 Å². The highest BCUT2D eigenvalue weighted by Gasteiger charge is 2.33. The van der Waals surface area contributed by atoms with E-state index in [9.17, 15) is 54.0 Å². The number of hydrogen-bond donors (Lipinski definition) is 6. The number of carbonyl (C=O) groups is 7. The van der Waals surface area contributed by atoms with Crippen molar-refractivity contribution in [3.63, 3.8) is 0 Å². The summed E-state index contributed by atoms with van der Waals surface area (Å²) in [6.07, 6.45) is 1.52. The maximum Gasteiger partial charge on any atom is 0.317 e. The number of nitrogens with zero attached hydrogens (tertiary/aromatic N) is 5. The van der Waals surface area contributed by atoms with Crippen LogP contribution in [0.15, 0.2) is 0 Å². The number of likely N-dealkylation sites (tertiary alicyclic amines) is 1. The van der Waals surface area contributed by atoms with Gasteiger partial charge < -0.3 is 36.0 Å². The van der Waals surface area contributed by atoms with Gasteiger partial charge in [-0.25, -0.2) is 0 Å². The van der Waals surface area contributed by atoms with Crippen LogP contribution < -0.4 is 10.6 Å². The van der Waals surface area contributed by atoms with E-state index in [0.717, 1.165) is 0 Å². The summed E-state index contributed by atoms with van der Waals surface area (Å²) in [7, 11) is 0. The lowest BCUT2D eigenvalue weighted by Gasteiger charge is -2.36. The molecule has 2 amide bonds. The molecule has 53 heavy (non-hydrogen) atoms. The maximum absolute atomic E-state index is 13.7. The summed E-state index contributed by atoms with van der Waals surface area (Å²) in [6.45, 7) is 9.22. The van der Waals surface area contributed by atoms with Crippen LogP contribution in [0.1, 0.15) is 59.8 Å². The smallest absolute Gasteiger partial charge is 0.317 e. The predicted molar refractivity (Wildman–Crippen MR) is 193 cm³/mol. The molecule has 0 spiro atoms. The Morgan fingerprint density at radius 1 is 0.585 bits per heavy atom. The quantitative estimate of drug-likeness (QED) is 0.0930. The third-order valence-corrected chi connectivity index (χ3v) is 9.60. The molecule has 2 saturated heterocycles. The van der Waals surface area contributed by atoms with E-state index < -0.39 is 35.8 Å². The first-order valence-corrected chi connectivity index (χ1v) is 18.6. The number of amides is 2. The summed E-state index contributed by atoms with van der Waals surface area (Å²) in [5, 5.41) is 43.8. The lowest BCUT2D eigenvalue weighted by Crippen LogP contribution is -2.54. The average molecular weight is 756 g/mol. The van der Waals surface area contributed by atoms with Gasteiger partial charge in [0.05, 0.1) is 32.2 Å². The van der Waals surface area contributed by atoms with E-state index in [4.69, 9.17) is 0 Å². The second-order valence-electron chi connectivity index (χ2n) is 14.8. The number of nitrogens with one attached hydrogen (secondary N) is 2. The van der Waals surface area contributed by atoms with Crippen molar-refractivity contribution in [3.8, 4) is 0 Å². The van der Waals surface area contributed by atoms with Crippen molar-refractivity contribution in [3.05, 3.63) is 0 Å². The van der Waals surface area contributed by atoms with Crippen molar-refractivity contribution in [2.75, 3.05) is 91.6 Å². The summed E-state index contributed by atoms with van der Waals surface area (Å²) >= 11 is 0. The summed E-state index contributed by atoms with van der Waals surface area (Å²) in [5.41, 5.74) is 0. The van der Waals surface area contributed by atoms with Crippen molar-refractivity contribution in [1.82, 2.24) is 35.1 Å². The second kappa shape index (κ2) is 23.2. The lowest BCUT2D eigenvalue weighted by atomic mass is 9.86. The van der Waals surface area contributed by atoms with Gasteiger partial charge in [0.15, 0.2) is 5.78 Å². The number of carboxylic acid groups (broad SMARTS) is 4. The van der Waals surface area contributed by atoms with Crippen LogP contribution in [-0.4, -0.2) is 196 Å². The maximum atomic E-state index is 13.7. The van der Waals surface area contributed by atoms with Gasteiger partial charge in [0.25, 0.3) is 0 Å². The van der Waals surface area contributed by atoms with Gasteiger partial charge in [-0.1, -0.05) is 27.7 Å². The average Bonchev–Trinajstić information content (AvgIpc) is 3.06. The van der Waals surface area contributed by atoms with Gasteiger partial charge in [0.2, 0.25) is 11.8 Å². The van der Waals surface area contributed by atoms with E-state index in [1.807, 2.05) is 27.7 Å². The van der Waals surface area contributed by atoms with Crippen molar-refractivity contribution >= 4 is 41.5 Å². The van der Waals surface area contributed by atoms with Crippen LogP contribution in [-0.2, 0) is 33.6 Å². The molecule has 0 aromatic rings. The lowest BCUT2D eigenvalue weighted by molar-refractivity contribution is -0.141. The van der Waals surface area contributed by atoms with Gasteiger partial charge in [0.1, 0.15) is 6.04 Å². The molecule has 0 bridgehead atoms. The van der Waals surface area contributed by atoms with E-state index in [-0.39, 0.29) is 127 Å². The van der Waals surface area contributed by atoms with Gasteiger partial charge in [-0.05, 0) is 31.6 Å². The van der Waals surface area contributed by atoms with E-state index in [2.05, 4.69) is 10.6 Å². The molecule has 2 fully saturated rings. The third kappa shape index (κ3) is 18.3. The fourth-order valence-corrected chi connectivity index (χ4v) is 6.77. The SMILES string of the molecule is CC(C)N[C@@H](CC1CCN(C(=O)[C@H](CCC(=O)O)NC(=O)CN2CCN(CC(=O)O)CCN(CC(=O)O)CCN(CC(=O)O)CC2)CC1)C(=O)C(C)C. The second-order valence-corrected chi connectivity index (χ2v) is 14.8. The largest absolute Gasteiger partial charge is 0.481 e. The normalized spacial score (nSPS) is 19.2. The van der Waals surface area contributed by atoms with Gasteiger partial charge in [-0.15, -0.1) is 0 Å². The summed E-state index contributed by atoms with van der Waals surface area (Å²) in [6, 6.07) is -1.24. The fraction of sp³-hybridized carbons (Fsp3) is 0.800. The molecule has 0 radical (unpaired) electrons. The molecule has 18 nitrogen and oxygen atoms in total. The standard InChI is InChI=1S/C35H61N7O11/c1-24(2)34(52)28(36-25(3)4)19-26-7-9-42(10-8-26)35(53)27(5-6-30(44)45)37-29(43)20-38-11-13-39(21-31(46)47)15-17-41(23-33(50)51)18-16-40(14-12-38)22-32(48)49/h24-28,36H,5-23H2,1-4H3,(H,37,43)(H,44,45)(H,46,47)(H,48,49)(H,50,51)/t27-,28-/m0/s1. The Balaban J connectivity index is 2.14. The zero-order chi connectivity index (χ0) is 39.7. The van der Waals surface area contributed by atoms with Crippen molar-refractivity contribution in [1.29, 1.82) is 0 Å². The number of carbonyl (C=O) groups excluding carboxylic acids is 3. The molecule has 2 rings (SSSR count). The van der Waals surface area contributed by atoms with Gasteiger partial charge in [-0.2, -0.15) is 0 Å². The molecule has 0 unspecified atom stereocenters. The third-order valence-electron chi connectivity index (χ3n) is 9.60. The van der Waals surface area contributed by atoms with Gasteiger partial charge in [0, 0.05) is 83.8 Å². The minimum absolute atomic E-state index is 0.114. The summed E-state index contributed by atoms with van der Waals surface area (Å²) in [5.74, 6) is -4.99. The highest BCUT2D eigenvalue weighted by atomic mass is 16.4. The number of piperidine rings is 1. The number of aliphatic carboxylic acids is 4. The number of rotatable bonds is 19. The molecular formula is C35H61N7O11. The number of Topliss-reactive ketones (excluding diaryl/α,β-unsaturated/α-hetero) is 1. The molecule has 0 aromatic carbocycles. The molecule has 2 aliphatic heterocycles. The van der Waals surface area contributed by atoms with E-state index >= 15 is 0 Å². The predicted octanol–water partition coefficient (Wildman–Crippen LogP) is -0.968. The monoisotopic (exact) mass is 755 g/mol. The minimum Gasteiger partial charge on any atom is -0.481 e. The van der Waals surface area contributed by atoms with E-state index in [1.54, 1.807) is 24.5 Å². The molecule has 302 valence electrons. The van der Waals surface area contributed by atoms with Crippen LogP contribution in [0.2, 0.25) is 0 Å². The summed E-state index contributed by atoms with van der Waals surface area (Å²) in [4.78, 5) is 94.5. The molecule has 0 aliphatic carbocycles. The Bertz CT molecular complexity index is 1210. The Hall–Kier alpha value is -3.71. The van der Waals surface area contributed by atoms with Crippen molar-refractivity contribution in [2.45, 2.75) is 77.9 Å². The van der Waals surface area contributed by atoms with Gasteiger partial charge in [-0.3, -0.25) is 53.2 Å². The Morgan fingerprint density at radius 2 is 1.00 bits per heavy atom. The van der Waals surface area contributed by atoms with Crippen LogP contribution in [0.3, 0.4) is 0 Å². The first-order valence-electron chi connectivity index (χ1n) is 18.6. The zero-order valence-corrected chi connectivity index (χ0v) is 31.7. The summed E-state index contributed by atoms with van der Waals surface area (Å²) < 4.78 is 0. The Labute approximate surface area is 311 Å². The Morgan fingerprint density at radius 3 is 1.36 bits per heavy atom. The number of ketones is 1. The molecule has 2 atom stereocenters. The molecule has 2 heterocycles. The molecular weight excluding hydrogens is 694 g/mol. The highest BCUT2D eigenvalue weighted by molar-refractivity contribution is 5.89. The van der Waals surface area contributed by atoms with Crippen LogP contribution >= 0.6 is 0 Å². The topological polar surface area (TPSA) is 241 Å².